The maximum absolute atomic E-state index is 12.1. The second-order valence-electron chi connectivity index (χ2n) is 9.76. The summed E-state index contributed by atoms with van der Waals surface area (Å²) in [6.07, 6.45) is 0.935. The number of carboxylic acid groups (broad SMARTS) is 1. The summed E-state index contributed by atoms with van der Waals surface area (Å²) >= 11 is 0. The topological polar surface area (TPSA) is 128 Å². The Labute approximate surface area is 194 Å². The van der Waals surface area contributed by atoms with Crippen molar-refractivity contribution >= 4 is 18.0 Å². The van der Waals surface area contributed by atoms with Crippen LogP contribution in [0.3, 0.4) is 0 Å². The molecule has 1 heterocycles. The maximum atomic E-state index is 12.1. The van der Waals surface area contributed by atoms with Crippen molar-refractivity contribution in [1.29, 1.82) is 0 Å². The molecule has 0 saturated carbocycles. The van der Waals surface area contributed by atoms with E-state index in [2.05, 4.69) is 23.8 Å². The summed E-state index contributed by atoms with van der Waals surface area (Å²) < 4.78 is 11.1. The average Bonchev–Trinajstić information content (AvgIpc) is 2.68. The van der Waals surface area contributed by atoms with Gasteiger partial charge in [-0.2, -0.15) is 0 Å². The van der Waals surface area contributed by atoms with Crippen LogP contribution in [-0.4, -0.2) is 51.4 Å². The van der Waals surface area contributed by atoms with Gasteiger partial charge >= 0.3 is 12.1 Å². The van der Waals surface area contributed by atoms with Crippen LogP contribution in [0.15, 0.2) is 36.5 Å². The number of carbonyl (C=O) groups excluding carboxylic acids is 1. The Morgan fingerprint density at radius 3 is 2.30 bits per heavy atom. The van der Waals surface area contributed by atoms with E-state index < -0.39 is 29.7 Å². The second kappa shape index (κ2) is 10.6. The molecule has 2 aromatic rings. The van der Waals surface area contributed by atoms with Crippen molar-refractivity contribution in [3.63, 3.8) is 0 Å². The summed E-state index contributed by atoms with van der Waals surface area (Å²) in [6, 6.07) is 8.90. The summed E-state index contributed by atoms with van der Waals surface area (Å²) in [5.74, 6) is 0.340. The molecule has 0 aliphatic rings. The highest BCUT2D eigenvalue weighted by Gasteiger charge is 2.25. The van der Waals surface area contributed by atoms with E-state index in [0.717, 1.165) is 16.9 Å². The quantitative estimate of drug-likeness (QED) is 0.537. The van der Waals surface area contributed by atoms with E-state index in [9.17, 15) is 14.7 Å². The number of rotatable bonds is 9. The van der Waals surface area contributed by atoms with Crippen LogP contribution in [0.1, 0.15) is 48.0 Å². The van der Waals surface area contributed by atoms with Crippen molar-refractivity contribution in [2.24, 2.45) is 11.7 Å². The first-order chi connectivity index (χ1) is 15.3. The monoisotopic (exact) mass is 458 g/mol. The van der Waals surface area contributed by atoms with Crippen LogP contribution < -0.4 is 15.4 Å². The van der Waals surface area contributed by atoms with Crippen LogP contribution in [0.5, 0.6) is 5.75 Å². The zero-order valence-corrected chi connectivity index (χ0v) is 20.2. The molecule has 0 spiro atoms. The third kappa shape index (κ3) is 8.69. The first-order valence-corrected chi connectivity index (χ1v) is 10.8. The molecule has 9 heteroatoms. The van der Waals surface area contributed by atoms with Crippen LogP contribution >= 0.6 is 0 Å². The number of nitrogens with two attached hydrogens (primary N) is 1. The summed E-state index contributed by atoms with van der Waals surface area (Å²) in [5.41, 5.74) is 6.38. The van der Waals surface area contributed by atoms with Crippen molar-refractivity contribution in [2.75, 3.05) is 18.1 Å². The number of nitrogens with zero attached hydrogens (tertiary/aromatic N) is 3. The van der Waals surface area contributed by atoms with Crippen molar-refractivity contribution in [1.82, 2.24) is 9.97 Å². The molecule has 9 nitrogen and oxygen atoms in total. The zero-order chi connectivity index (χ0) is 24.8. The third-order valence-corrected chi connectivity index (χ3v) is 4.42. The van der Waals surface area contributed by atoms with Gasteiger partial charge < -0.3 is 20.3 Å². The van der Waals surface area contributed by atoms with Crippen LogP contribution in [-0.2, 0) is 9.53 Å². The molecule has 180 valence electrons. The molecule has 0 radical (unpaired) electrons. The Balaban J connectivity index is 2.14. The normalized spacial score (nSPS) is 13.3. The number of benzene rings is 1. The molecular formula is C24H34N4O5. The Morgan fingerprint density at radius 2 is 1.76 bits per heavy atom. The second-order valence-corrected chi connectivity index (χ2v) is 9.76. The highest BCUT2D eigenvalue weighted by Crippen LogP contribution is 2.23. The zero-order valence-electron chi connectivity index (χ0n) is 20.2. The minimum atomic E-state index is -1.35. The van der Waals surface area contributed by atoms with Gasteiger partial charge in [-0.05, 0) is 70.4 Å². The molecule has 2 rings (SSSR count). The van der Waals surface area contributed by atoms with Gasteiger partial charge in [0.2, 0.25) is 5.95 Å². The number of amides is 1. The fourth-order valence-electron chi connectivity index (χ4n) is 3.33. The van der Waals surface area contributed by atoms with E-state index >= 15 is 0 Å². The Bertz CT molecular complexity index is 952. The SMILES string of the molecule is CC(C)C[C@](C)(N)COc1ccc(-c2ccnc(N(CC(=O)OC(C)(C)C)C(=O)O)n2)cc1. The van der Waals surface area contributed by atoms with E-state index in [1.54, 1.807) is 39.0 Å². The average molecular weight is 459 g/mol. The summed E-state index contributed by atoms with van der Waals surface area (Å²) in [7, 11) is 0. The predicted molar refractivity (Wildman–Crippen MR) is 126 cm³/mol. The van der Waals surface area contributed by atoms with Crippen LogP contribution in [0.2, 0.25) is 0 Å². The van der Waals surface area contributed by atoms with Crippen molar-refractivity contribution in [3.05, 3.63) is 36.5 Å². The van der Waals surface area contributed by atoms with Crippen molar-refractivity contribution < 1.29 is 24.2 Å². The van der Waals surface area contributed by atoms with E-state index in [1.807, 2.05) is 19.1 Å². The van der Waals surface area contributed by atoms with Gasteiger partial charge in [0.1, 0.15) is 24.5 Å². The maximum Gasteiger partial charge on any atom is 0.414 e. The van der Waals surface area contributed by atoms with Crippen LogP contribution in [0, 0.1) is 5.92 Å². The molecule has 1 aromatic heterocycles. The molecule has 0 unspecified atom stereocenters. The standard InChI is InChI=1S/C24H34N4O5/c1-16(2)13-24(6,25)15-32-18-9-7-17(8-10-18)19-11-12-26-21(27-19)28(22(30)31)14-20(29)33-23(3,4)5/h7-12,16H,13-15,25H2,1-6H3,(H,30,31)/t24-/m0/s1. The number of hydrogen-bond donors (Lipinski definition) is 2. The van der Waals surface area contributed by atoms with Gasteiger partial charge in [0.05, 0.1) is 5.69 Å². The van der Waals surface area contributed by atoms with Gasteiger partial charge in [0.25, 0.3) is 0 Å². The number of anilines is 1. The van der Waals surface area contributed by atoms with E-state index in [1.165, 1.54) is 6.20 Å². The highest BCUT2D eigenvalue weighted by molar-refractivity contribution is 5.90. The molecule has 0 aliphatic heterocycles. The molecular weight excluding hydrogens is 424 g/mol. The minimum Gasteiger partial charge on any atom is -0.492 e. The van der Waals surface area contributed by atoms with Crippen molar-refractivity contribution in [3.8, 4) is 17.0 Å². The Morgan fingerprint density at radius 1 is 1.12 bits per heavy atom. The Hall–Kier alpha value is -3.20. The fraction of sp³-hybridized carbons (Fsp3) is 0.500. The lowest BCUT2D eigenvalue weighted by Gasteiger charge is -2.26. The number of aromatic nitrogens is 2. The largest absolute Gasteiger partial charge is 0.492 e. The number of esters is 1. The van der Waals surface area contributed by atoms with Crippen LogP contribution in [0.4, 0.5) is 10.7 Å². The number of carbonyl (C=O) groups is 2. The summed E-state index contributed by atoms with van der Waals surface area (Å²) in [6.45, 7) is 11.2. The van der Waals surface area contributed by atoms with E-state index in [4.69, 9.17) is 15.2 Å². The molecule has 1 amide bonds. The van der Waals surface area contributed by atoms with Gasteiger partial charge in [-0.1, -0.05) is 13.8 Å². The smallest absolute Gasteiger partial charge is 0.414 e. The lowest BCUT2D eigenvalue weighted by atomic mass is 9.93. The molecule has 0 bridgehead atoms. The molecule has 33 heavy (non-hydrogen) atoms. The van der Waals surface area contributed by atoms with Crippen molar-refractivity contribution in [2.45, 2.75) is 59.1 Å². The molecule has 1 atom stereocenters. The highest BCUT2D eigenvalue weighted by atomic mass is 16.6. The third-order valence-electron chi connectivity index (χ3n) is 4.42. The lowest BCUT2D eigenvalue weighted by molar-refractivity contribution is -0.152. The first kappa shape index (κ1) is 26.1. The molecule has 0 aliphatic carbocycles. The predicted octanol–water partition coefficient (Wildman–Crippen LogP) is 4.11. The summed E-state index contributed by atoms with van der Waals surface area (Å²) in [5, 5.41) is 9.56. The lowest BCUT2D eigenvalue weighted by Crippen LogP contribution is -2.43. The minimum absolute atomic E-state index is 0.112. The van der Waals surface area contributed by atoms with Gasteiger partial charge in [0.15, 0.2) is 0 Å². The molecule has 0 fully saturated rings. The Kier molecular flexibility index (Phi) is 8.38. The molecule has 3 N–H and O–H groups in total. The first-order valence-electron chi connectivity index (χ1n) is 10.8. The van der Waals surface area contributed by atoms with Gasteiger partial charge in [-0.25, -0.2) is 19.7 Å². The number of hydrogen-bond acceptors (Lipinski definition) is 7. The van der Waals surface area contributed by atoms with Gasteiger partial charge in [-0.15, -0.1) is 0 Å². The fourth-order valence-corrected chi connectivity index (χ4v) is 3.33. The number of ether oxygens (including phenoxy) is 2. The van der Waals surface area contributed by atoms with Gasteiger partial charge in [0, 0.05) is 17.3 Å². The molecule has 1 aromatic carbocycles. The van der Waals surface area contributed by atoms with Gasteiger partial charge in [-0.3, -0.25) is 4.79 Å². The summed E-state index contributed by atoms with van der Waals surface area (Å²) in [4.78, 5) is 33.0. The van der Waals surface area contributed by atoms with Crippen LogP contribution in [0.25, 0.3) is 11.3 Å². The molecule has 0 saturated heterocycles. The van der Waals surface area contributed by atoms with E-state index in [0.29, 0.717) is 24.0 Å². The van der Waals surface area contributed by atoms with E-state index in [-0.39, 0.29) is 5.95 Å².